The van der Waals surface area contributed by atoms with Crippen LogP contribution in [0.1, 0.15) is 66.8 Å². The largest absolute Gasteiger partial charge is 0.457 e. The first-order valence-corrected chi connectivity index (χ1v) is 27.5. The Balaban J connectivity index is 0.698. The summed E-state index contributed by atoms with van der Waals surface area (Å²) in [7, 11) is 0. The molecule has 4 N–H and O–H groups in total. The van der Waals surface area contributed by atoms with Gasteiger partial charge >= 0.3 is 0 Å². The minimum Gasteiger partial charge on any atom is -0.457 e. The van der Waals surface area contributed by atoms with Gasteiger partial charge in [0, 0.05) is 44.5 Å². The van der Waals surface area contributed by atoms with Gasteiger partial charge in [0.2, 0.25) is 0 Å². The normalized spacial score (nSPS) is 17.7. The van der Waals surface area contributed by atoms with Crippen LogP contribution in [0, 0.1) is 0 Å². The Labute approximate surface area is 469 Å². The predicted octanol–water partition coefficient (Wildman–Crippen LogP) is 15.9. The quantitative estimate of drug-likeness (QED) is 0.122. The van der Waals surface area contributed by atoms with Crippen LogP contribution in [0.3, 0.4) is 0 Å². The fourth-order valence-electron chi connectivity index (χ4n) is 14.0. The van der Waals surface area contributed by atoms with E-state index in [4.69, 9.17) is 4.74 Å². The molecule has 384 valence electrons. The van der Waals surface area contributed by atoms with Gasteiger partial charge in [-0.2, -0.15) is 0 Å². The van der Waals surface area contributed by atoms with Crippen molar-refractivity contribution in [2.75, 3.05) is 0 Å². The second-order valence-corrected chi connectivity index (χ2v) is 21.9. The molecule has 4 aliphatic rings. The maximum absolute atomic E-state index is 13.3. The van der Waals surface area contributed by atoms with Crippen LogP contribution in [0.25, 0.3) is 66.8 Å². The number of benzene rings is 12. The maximum Gasteiger partial charge on any atom is 0.141 e. The highest BCUT2D eigenvalue weighted by atomic mass is 16.5. The van der Waals surface area contributed by atoms with Gasteiger partial charge in [0.15, 0.2) is 0 Å². The molecule has 5 heteroatoms. The third-order valence-electron chi connectivity index (χ3n) is 17.9. The van der Waals surface area contributed by atoms with E-state index >= 15 is 0 Å². The number of ether oxygens (including phenoxy) is 1. The molecule has 0 heterocycles. The summed E-state index contributed by atoms with van der Waals surface area (Å²) < 4.78 is 6.42. The molecule has 0 amide bonds. The second-order valence-electron chi connectivity index (χ2n) is 21.9. The van der Waals surface area contributed by atoms with Gasteiger partial charge in [-0.1, -0.05) is 243 Å². The third-order valence-corrected chi connectivity index (χ3v) is 17.9. The molecule has 0 saturated carbocycles. The summed E-state index contributed by atoms with van der Waals surface area (Å²) >= 11 is 0. The topological polar surface area (TPSA) is 90.2 Å². The zero-order valence-corrected chi connectivity index (χ0v) is 43.8. The number of hydrogen-bond acceptors (Lipinski definition) is 5. The van der Waals surface area contributed by atoms with Crippen LogP contribution in [-0.2, 0) is 22.4 Å². The molecule has 0 aromatic heterocycles. The fourth-order valence-corrected chi connectivity index (χ4v) is 14.0. The molecule has 16 rings (SSSR count). The third kappa shape index (κ3) is 6.63. The monoisotopic (exact) mass is 1040 g/mol. The highest BCUT2D eigenvalue weighted by Crippen LogP contribution is 2.56. The van der Waals surface area contributed by atoms with Crippen molar-refractivity contribution in [2.45, 2.75) is 22.4 Å². The molecule has 81 heavy (non-hydrogen) atoms. The number of fused-ring (bicyclic) bond motifs is 12. The standard InChI is InChI=1S/C76H50O5/c77-73(65-19-7-1-13-57(65)58-14-2-8-20-66(58)73)51-31-25-47(26-32-51)48-27-33-52(34-28-48)75(79)69-23-11-5-17-61(69)63-43-29-49(45-71(63)75)50-30-44-64-62-18-6-12-24-70(62)76(80,72(64)46-50)54-37-41-56(42-38-54)81-55-39-35-53(36-40-55)74(78)67-21-9-3-15-59(67)60-16-4-10-22-68(60)74/h1-46,77-80H. The molecular weight excluding hydrogens is 993 g/mol. The van der Waals surface area contributed by atoms with Gasteiger partial charge in [-0.3, -0.25) is 0 Å². The lowest BCUT2D eigenvalue weighted by Gasteiger charge is -2.28. The minimum absolute atomic E-state index is 0.610. The molecule has 5 nitrogen and oxygen atoms in total. The summed E-state index contributed by atoms with van der Waals surface area (Å²) in [5, 5.41) is 51.4. The number of hydrogen-bond donors (Lipinski definition) is 4. The molecule has 0 fully saturated rings. The smallest absolute Gasteiger partial charge is 0.141 e. The Kier molecular flexibility index (Phi) is 10.2. The van der Waals surface area contributed by atoms with E-state index in [0.29, 0.717) is 17.1 Å². The maximum atomic E-state index is 13.3. The van der Waals surface area contributed by atoms with Gasteiger partial charge in [-0.15, -0.1) is 0 Å². The zero-order valence-electron chi connectivity index (χ0n) is 43.8. The summed E-state index contributed by atoms with van der Waals surface area (Å²) in [5.41, 5.74) is 16.1. The van der Waals surface area contributed by atoms with E-state index < -0.39 is 22.4 Å². The Morgan fingerprint density at radius 3 is 0.679 bits per heavy atom. The van der Waals surface area contributed by atoms with E-state index in [0.717, 1.165) is 128 Å². The molecule has 0 radical (unpaired) electrons. The minimum atomic E-state index is -1.48. The lowest BCUT2D eigenvalue weighted by atomic mass is 9.81. The van der Waals surface area contributed by atoms with Crippen molar-refractivity contribution in [2.24, 2.45) is 0 Å². The molecule has 2 unspecified atom stereocenters. The summed E-state index contributed by atoms with van der Waals surface area (Å²) in [5.74, 6) is 1.23. The van der Waals surface area contributed by atoms with E-state index in [-0.39, 0.29) is 0 Å². The van der Waals surface area contributed by atoms with E-state index in [2.05, 4.69) is 97.1 Å². The van der Waals surface area contributed by atoms with Crippen molar-refractivity contribution in [1.29, 1.82) is 0 Å². The molecule has 0 aliphatic heterocycles. The summed E-state index contributed by atoms with van der Waals surface area (Å²) in [6.45, 7) is 0. The molecule has 2 atom stereocenters. The summed E-state index contributed by atoms with van der Waals surface area (Å²) in [6.07, 6.45) is 0. The lowest BCUT2D eigenvalue weighted by Crippen LogP contribution is -2.26. The fraction of sp³-hybridized carbons (Fsp3) is 0.0526. The van der Waals surface area contributed by atoms with Gasteiger partial charge in [0.25, 0.3) is 0 Å². The van der Waals surface area contributed by atoms with Gasteiger partial charge < -0.3 is 25.2 Å². The first-order valence-electron chi connectivity index (χ1n) is 27.5. The molecule has 0 spiro atoms. The van der Waals surface area contributed by atoms with Crippen LogP contribution < -0.4 is 4.74 Å². The molecule has 4 aliphatic carbocycles. The predicted molar refractivity (Wildman–Crippen MR) is 320 cm³/mol. The first kappa shape index (κ1) is 47.3. The molecule has 0 saturated heterocycles. The van der Waals surface area contributed by atoms with E-state index in [1.54, 1.807) is 0 Å². The number of rotatable bonds is 8. The van der Waals surface area contributed by atoms with E-state index in [1.807, 2.05) is 182 Å². The molecule has 12 aromatic carbocycles. The van der Waals surface area contributed by atoms with Gasteiger partial charge in [0.1, 0.15) is 33.9 Å². The zero-order chi connectivity index (χ0) is 54.2. The molecular formula is C76H50O5. The van der Waals surface area contributed by atoms with Crippen molar-refractivity contribution in [3.05, 3.63) is 346 Å². The summed E-state index contributed by atoms with van der Waals surface area (Å²) in [4.78, 5) is 0. The molecule has 0 bridgehead atoms. The Morgan fingerprint density at radius 1 is 0.198 bits per heavy atom. The van der Waals surface area contributed by atoms with Crippen molar-refractivity contribution in [1.82, 2.24) is 0 Å². The van der Waals surface area contributed by atoms with Crippen LogP contribution >= 0.6 is 0 Å². The van der Waals surface area contributed by atoms with Crippen LogP contribution in [0.4, 0.5) is 0 Å². The van der Waals surface area contributed by atoms with Gasteiger partial charge in [-0.25, -0.2) is 0 Å². The van der Waals surface area contributed by atoms with Crippen LogP contribution in [-0.4, -0.2) is 20.4 Å². The first-order chi connectivity index (χ1) is 39.6. The second kappa shape index (κ2) is 17.4. The van der Waals surface area contributed by atoms with E-state index in [1.165, 1.54) is 0 Å². The average Bonchev–Trinajstić information content (AvgIpc) is 3.73. The van der Waals surface area contributed by atoms with E-state index in [9.17, 15) is 20.4 Å². The van der Waals surface area contributed by atoms with Crippen molar-refractivity contribution < 1.29 is 25.2 Å². The van der Waals surface area contributed by atoms with Crippen molar-refractivity contribution in [3.8, 4) is 78.3 Å². The average molecular weight is 1040 g/mol. The van der Waals surface area contributed by atoms with Gasteiger partial charge in [0.05, 0.1) is 0 Å². The lowest BCUT2D eigenvalue weighted by molar-refractivity contribution is 0.130. The van der Waals surface area contributed by atoms with Crippen LogP contribution in [0.2, 0.25) is 0 Å². The Morgan fingerprint density at radius 2 is 0.407 bits per heavy atom. The van der Waals surface area contributed by atoms with Crippen molar-refractivity contribution >= 4 is 0 Å². The number of aliphatic hydroxyl groups is 4. The van der Waals surface area contributed by atoms with Gasteiger partial charge in [-0.05, 0) is 125 Å². The highest BCUT2D eigenvalue weighted by molar-refractivity contribution is 5.89. The summed E-state index contributed by atoms with van der Waals surface area (Å²) in [6, 6.07) is 92.7. The van der Waals surface area contributed by atoms with Crippen molar-refractivity contribution in [3.63, 3.8) is 0 Å². The Hall–Kier alpha value is -9.72. The molecule has 12 aromatic rings. The Bertz CT molecular complexity index is 4450. The van der Waals surface area contributed by atoms with Crippen LogP contribution in [0.5, 0.6) is 11.5 Å². The SMILES string of the molecule is OC1(c2ccc(Oc3ccc(C4(O)c5ccccc5-c5ccc(-c6ccc7c(c6)C(O)(c6ccc(-c8ccc(C9(O)c%10ccccc%10-c%10ccccc%109)cc8)cc6)c6ccccc6-7)cc54)cc3)cc2)c2ccccc2-c2ccccc21. The highest BCUT2D eigenvalue weighted by Gasteiger charge is 2.47. The van der Waals surface area contributed by atoms with Crippen LogP contribution in [0.15, 0.2) is 279 Å².